The average molecular weight is 251 g/mol. The molecule has 0 saturated carbocycles. The summed E-state index contributed by atoms with van der Waals surface area (Å²) in [5.74, 6) is -1.46. The van der Waals surface area contributed by atoms with E-state index in [9.17, 15) is 9.59 Å². The van der Waals surface area contributed by atoms with Crippen molar-refractivity contribution < 1.29 is 19.2 Å². The van der Waals surface area contributed by atoms with Crippen LogP contribution in [0.5, 0.6) is 0 Å². The molecule has 0 aliphatic heterocycles. The molecule has 0 amide bonds. The molecule has 2 N–H and O–H groups in total. The van der Waals surface area contributed by atoms with Crippen molar-refractivity contribution >= 4 is 17.8 Å². The standard InChI is InChI=1S/C11H13N3O4/c1-6-4-5-8(9(13-6)11(16)17-3)10(15)18-14-7(2)12/h4-5H,1-3H3,(H2,12,14). The normalized spacial score (nSPS) is 10.9. The maximum Gasteiger partial charge on any atom is 0.368 e. The van der Waals surface area contributed by atoms with E-state index in [0.717, 1.165) is 0 Å². The second-order valence-corrected chi connectivity index (χ2v) is 3.45. The Morgan fingerprint density at radius 1 is 1.33 bits per heavy atom. The first kappa shape index (κ1) is 13.6. The van der Waals surface area contributed by atoms with E-state index < -0.39 is 11.9 Å². The molecule has 1 heterocycles. The Morgan fingerprint density at radius 2 is 2.00 bits per heavy atom. The second-order valence-electron chi connectivity index (χ2n) is 3.45. The summed E-state index contributed by atoms with van der Waals surface area (Å²) in [6.07, 6.45) is 0. The van der Waals surface area contributed by atoms with Crippen LogP contribution < -0.4 is 5.73 Å². The van der Waals surface area contributed by atoms with Crippen molar-refractivity contribution in [3.8, 4) is 0 Å². The maximum atomic E-state index is 11.7. The SMILES string of the molecule is COC(=O)c1nc(C)ccc1C(=O)O/N=C(\C)N. The van der Waals surface area contributed by atoms with Gasteiger partial charge in [-0.1, -0.05) is 5.16 Å². The Balaban J connectivity index is 3.11. The second kappa shape index (κ2) is 5.76. The van der Waals surface area contributed by atoms with E-state index in [1.165, 1.54) is 20.1 Å². The van der Waals surface area contributed by atoms with Crippen LogP contribution in [-0.2, 0) is 9.57 Å². The number of aryl methyl sites for hydroxylation is 1. The molecule has 0 fully saturated rings. The lowest BCUT2D eigenvalue weighted by Gasteiger charge is -2.05. The minimum absolute atomic E-state index is 0.0301. The number of ether oxygens (including phenoxy) is 1. The van der Waals surface area contributed by atoms with Gasteiger partial charge in [0.1, 0.15) is 5.84 Å². The van der Waals surface area contributed by atoms with Crippen LogP contribution >= 0.6 is 0 Å². The van der Waals surface area contributed by atoms with Crippen molar-refractivity contribution in [2.75, 3.05) is 7.11 Å². The van der Waals surface area contributed by atoms with Gasteiger partial charge in [-0.05, 0) is 26.0 Å². The number of methoxy groups -OCH3 is 1. The van der Waals surface area contributed by atoms with Crippen LogP contribution in [0.1, 0.15) is 33.5 Å². The molecule has 0 bridgehead atoms. The molecule has 0 atom stereocenters. The maximum absolute atomic E-state index is 11.7. The number of hydrogen-bond donors (Lipinski definition) is 1. The molecule has 0 aromatic carbocycles. The van der Waals surface area contributed by atoms with Crippen LogP contribution in [0.4, 0.5) is 0 Å². The molecule has 0 spiro atoms. The molecule has 7 heteroatoms. The van der Waals surface area contributed by atoms with Gasteiger partial charge in [-0.15, -0.1) is 0 Å². The molecule has 1 rings (SSSR count). The predicted molar refractivity (Wildman–Crippen MR) is 63.0 cm³/mol. The number of hydrogen-bond acceptors (Lipinski definition) is 6. The van der Waals surface area contributed by atoms with Gasteiger partial charge in [0.15, 0.2) is 5.69 Å². The van der Waals surface area contributed by atoms with Crippen molar-refractivity contribution in [2.24, 2.45) is 10.9 Å². The van der Waals surface area contributed by atoms with Crippen molar-refractivity contribution in [2.45, 2.75) is 13.8 Å². The van der Waals surface area contributed by atoms with Gasteiger partial charge in [-0.2, -0.15) is 0 Å². The van der Waals surface area contributed by atoms with Crippen LogP contribution in [0.25, 0.3) is 0 Å². The monoisotopic (exact) mass is 251 g/mol. The predicted octanol–water partition coefficient (Wildman–Crippen LogP) is 0.626. The minimum atomic E-state index is -0.826. The van der Waals surface area contributed by atoms with E-state index in [4.69, 9.17) is 5.73 Å². The number of aromatic nitrogens is 1. The Kier molecular flexibility index (Phi) is 4.36. The number of pyridine rings is 1. The van der Waals surface area contributed by atoms with Gasteiger partial charge < -0.3 is 15.3 Å². The fourth-order valence-electron chi connectivity index (χ4n) is 1.14. The largest absolute Gasteiger partial charge is 0.464 e. The number of oxime groups is 1. The smallest absolute Gasteiger partial charge is 0.368 e. The number of amidine groups is 1. The molecule has 0 radical (unpaired) electrons. The van der Waals surface area contributed by atoms with E-state index in [2.05, 4.69) is 19.7 Å². The fraction of sp³-hybridized carbons (Fsp3) is 0.273. The van der Waals surface area contributed by atoms with Gasteiger partial charge in [0.2, 0.25) is 0 Å². The van der Waals surface area contributed by atoms with Gasteiger partial charge in [-0.25, -0.2) is 14.6 Å². The molecule has 0 unspecified atom stereocenters. The molecule has 18 heavy (non-hydrogen) atoms. The molecular formula is C11H13N3O4. The molecular weight excluding hydrogens is 238 g/mol. The minimum Gasteiger partial charge on any atom is -0.464 e. The zero-order valence-corrected chi connectivity index (χ0v) is 10.3. The summed E-state index contributed by atoms with van der Waals surface area (Å²) in [6.45, 7) is 3.14. The van der Waals surface area contributed by atoms with Gasteiger partial charge in [0.05, 0.1) is 12.7 Å². The third-order valence-corrected chi connectivity index (χ3v) is 1.91. The van der Waals surface area contributed by atoms with Crippen molar-refractivity contribution in [3.63, 3.8) is 0 Å². The van der Waals surface area contributed by atoms with Crippen LogP contribution in [0.3, 0.4) is 0 Å². The van der Waals surface area contributed by atoms with Crippen molar-refractivity contribution in [1.29, 1.82) is 0 Å². The number of esters is 1. The lowest BCUT2D eigenvalue weighted by molar-refractivity contribution is 0.0492. The summed E-state index contributed by atoms with van der Waals surface area (Å²) in [7, 11) is 1.20. The number of carbonyl (C=O) groups is 2. The molecule has 96 valence electrons. The van der Waals surface area contributed by atoms with E-state index in [0.29, 0.717) is 5.69 Å². The number of carbonyl (C=O) groups excluding carboxylic acids is 2. The quantitative estimate of drug-likeness (QED) is 0.278. The number of rotatable bonds is 3. The Bertz CT molecular complexity index is 507. The highest BCUT2D eigenvalue weighted by molar-refractivity contribution is 6.01. The summed E-state index contributed by atoms with van der Waals surface area (Å²) in [5.41, 5.74) is 5.66. The first-order valence-electron chi connectivity index (χ1n) is 5.03. The fourth-order valence-corrected chi connectivity index (χ4v) is 1.14. The lowest BCUT2D eigenvalue weighted by atomic mass is 10.2. The summed E-state index contributed by atoms with van der Waals surface area (Å²) in [4.78, 5) is 31.6. The molecule has 0 saturated heterocycles. The van der Waals surface area contributed by atoms with Crippen LogP contribution in [-0.4, -0.2) is 29.9 Å². The van der Waals surface area contributed by atoms with Crippen molar-refractivity contribution in [1.82, 2.24) is 4.98 Å². The van der Waals surface area contributed by atoms with Crippen LogP contribution in [0, 0.1) is 6.92 Å². The Hall–Kier alpha value is -2.44. The van der Waals surface area contributed by atoms with Crippen LogP contribution in [0.2, 0.25) is 0 Å². The van der Waals surface area contributed by atoms with E-state index in [1.54, 1.807) is 13.0 Å². The molecule has 1 aromatic heterocycles. The average Bonchev–Trinajstić information content (AvgIpc) is 2.34. The van der Waals surface area contributed by atoms with Crippen molar-refractivity contribution in [3.05, 3.63) is 29.1 Å². The zero-order valence-electron chi connectivity index (χ0n) is 10.3. The molecule has 0 aliphatic carbocycles. The Morgan fingerprint density at radius 3 is 2.56 bits per heavy atom. The van der Waals surface area contributed by atoms with Gasteiger partial charge >= 0.3 is 11.9 Å². The first-order valence-corrected chi connectivity index (χ1v) is 5.03. The van der Waals surface area contributed by atoms with Gasteiger partial charge in [-0.3, -0.25) is 0 Å². The molecule has 0 aliphatic rings. The lowest BCUT2D eigenvalue weighted by Crippen LogP contribution is -2.15. The third-order valence-electron chi connectivity index (χ3n) is 1.91. The summed E-state index contributed by atoms with van der Waals surface area (Å²) < 4.78 is 4.54. The highest BCUT2D eigenvalue weighted by atomic mass is 16.7. The highest BCUT2D eigenvalue weighted by Crippen LogP contribution is 2.11. The zero-order chi connectivity index (χ0) is 13.7. The summed E-state index contributed by atoms with van der Waals surface area (Å²) >= 11 is 0. The molecule has 1 aromatic rings. The first-order chi connectivity index (χ1) is 8.45. The highest BCUT2D eigenvalue weighted by Gasteiger charge is 2.21. The number of nitrogens with two attached hydrogens (primary N) is 1. The van der Waals surface area contributed by atoms with Gasteiger partial charge in [0, 0.05) is 5.69 Å². The van der Waals surface area contributed by atoms with Crippen LogP contribution in [0.15, 0.2) is 17.3 Å². The van der Waals surface area contributed by atoms with E-state index in [-0.39, 0.29) is 17.1 Å². The molecule has 7 nitrogen and oxygen atoms in total. The van der Waals surface area contributed by atoms with Gasteiger partial charge in [0.25, 0.3) is 0 Å². The van der Waals surface area contributed by atoms with E-state index in [1.807, 2.05) is 0 Å². The number of nitrogens with zero attached hydrogens (tertiary/aromatic N) is 2. The van der Waals surface area contributed by atoms with E-state index >= 15 is 0 Å². The Labute approximate surface area is 104 Å². The summed E-state index contributed by atoms with van der Waals surface area (Å²) in [6, 6.07) is 2.99. The summed E-state index contributed by atoms with van der Waals surface area (Å²) in [5, 5.41) is 3.31. The topological polar surface area (TPSA) is 104 Å². The third kappa shape index (κ3) is 3.27.